The number of aromatic nitrogens is 2. The molecule has 1 aliphatic heterocycles. The second-order valence-corrected chi connectivity index (χ2v) is 5.59. The van der Waals surface area contributed by atoms with Gasteiger partial charge in [-0.05, 0) is 32.0 Å². The van der Waals surface area contributed by atoms with Crippen molar-refractivity contribution >= 4 is 0 Å². The Balaban J connectivity index is 1.92. The number of nitrogens with zero attached hydrogens (tertiary/aromatic N) is 3. The Labute approximate surface area is 119 Å². The maximum absolute atomic E-state index is 12.0. The molecular formula is C14H24N4O2. The van der Waals surface area contributed by atoms with E-state index in [0.717, 1.165) is 24.2 Å². The van der Waals surface area contributed by atoms with Crippen molar-refractivity contribution in [3.63, 3.8) is 0 Å². The molecule has 6 heteroatoms. The van der Waals surface area contributed by atoms with Crippen molar-refractivity contribution in [1.29, 1.82) is 0 Å². The van der Waals surface area contributed by atoms with E-state index in [1.165, 1.54) is 24.6 Å². The Morgan fingerprint density at radius 3 is 2.75 bits per heavy atom. The minimum atomic E-state index is -0.284. The lowest BCUT2D eigenvalue weighted by atomic mass is 10.1. The van der Waals surface area contributed by atoms with Crippen LogP contribution in [0.4, 0.5) is 0 Å². The third kappa shape index (κ3) is 3.19. The fourth-order valence-electron chi connectivity index (χ4n) is 2.78. The molecule has 1 aromatic rings. The highest BCUT2D eigenvalue weighted by Gasteiger charge is 2.20. The molecule has 2 heterocycles. The van der Waals surface area contributed by atoms with Crippen molar-refractivity contribution in [3.05, 3.63) is 32.6 Å². The van der Waals surface area contributed by atoms with Gasteiger partial charge in [0.05, 0.1) is 0 Å². The minimum Gasteiger partial charge on any atom is -0.312 e. The highest BCUT2D eigenvalue weighted by Crippen LogP contribution is 2.14. The Morgan fingerprint density at radius 1 is 1.35 bits per heavy atom. The lowest BCUT2D eigenvalue weighted by molar-refractivity contribution is 0.338. The van der Waals surface area contributed by atoms with Crippen LogP contribution in [0.15, 0.2) is 15.8 Å². The van der Waals surface area contributed by atoms with Gasteiger partial charge in [0.1, 0.15) is 0 Å². The van der Waals surface area contributed by atoms with Crippen molar-refractivity contribution in [2.24, 2.45) is 20.0 Å². The SMILES string of the molecule is CCN1CCC(CNCc2cn(C)c(=O)n(C)c2=O)C1. The van der Waals surface area contributed by atoms with Gasteiger partial charge in [-0.3, -0.25) is 9.36 Å². The molecule has 0 bridgehead atoms. The summed E-state index contributed by atoms with van der Waals surface area (Å²) >= 11 is 0. The quantitative estimate of drug-likeness (QED) is 0.791. The summed E-state index contributed by atoms with van der Waals surface area (Å²) in [4.78, 5) is 26.0. The first-order valence-corrected chi connectivity index (χ1v) is 7.21. The maximum atomic E-state index is 12.0. The van der Waals surface area contributed by atoms with E-state index in [1.807, 2.05) is 0 Å². The summed E-state index contributed by atoms with van der Waals surface area (Å²) in [6.45, 7) is 7.03. The largest absolute Gasteiger partial charge is 0.330 e. The molecule has 0 aromatic carbocycles. The van der Waals surface area contributed by atoms with Gasteiger partial charge < -0.3 is 14.8 Å². The number of hydrogen-bond acceptors (Lipinski definition) is 4. The summed E-state index contributed by atoms with van der Waals surface area (Å²) in [7, 11) is 3.19. The molecule has 2 rings (SSSR count). The second kappa shape index (κ2) is 6.37. The molecule has 0 saturated carbocycles. The van der Waals surface area contributed by atoms with E-state index in [2.05, 4.69) is 17.1 Å². The molecular weight excluding hydrogens is 256 g/mol. The van der Waals surface area contributed by atoms with Crippen molar-refractivity contribution in [3.8, 4) is 0 Å². The molecule has 0 amide bonds. The van der Waals surface area contributed by atoms with E-state index < -0.39 is 0 Å². The van der Waals surface area contributed by atoms with Crippen LogP contribution in [0.2, 0.25) is 0 Å². The summed E-state index contributed by atoms with van der Waals surface area (Å²) in [6.07, 6.45) is 2.84. The third-order valence-corrected chi connectivity index (χ3v) is 4.08. The van der Waals surface area contributed by atoms with Gasteiger partial charge in [0, 0.05) is 38.9 Å². The minimum absolute atomic E-state index is 0.206. The predicted molar refractivity (Wildman–Crippen MR) is 78.9 cm³/mol. The normalized spacial score (nSPS) is 19.6. The van der Waals surface area contributed by atoms with Gasteiger partial charge in [0.15, 0.2) is 0 Å². The zero-order valence-electron chi connectivity index (χ0n) is 12.6. The number of hydrogen-bond donors (Lipinski definition) is 1. The van der Waals surface area contributed by atoms with Gasteiger partial charge in [-0.1, -0.05) is 6.92 Å². The molecule has 20 heavy (non-hydrogen) atoms. The molecule has 6 nitrogen and oxygen atoms in total. The first-order valence-electron chi connectivity index (χ1n) is 7.21. The highest BCUT2D eigenvalue weighted by molar-refractivity contribution is 5.05. The van der Waals surface area contributed by atoms with E-state index in [-0.39, 0.29) is 11.2 Å². The fraction of sp³-hybridized carbons (Fsp3) is 0.714. The molecule has 0 radical (unpaired) electrons. The average Bonchev–Trinajstić information content (AvgIpc) is 2.90. The van der Waals surface area contributed by atoms with E-state index >= 15 is 0 Å². The van der Waals surface area contributed by atoms with Crippen LogP contribution in [0.3, 0.4) is 0 Å². The first-order chi connectivity index (χ1) is 9.52. The Hall–Kier alpha value is -1.40. The summed E-state index contributed by atoms with van der Waals surface area (Å²) in [5.41, 5.74) is 0.148. The average molecular weight is 280 g/mol. The standard InChI is InChI=1S/C14H24N4O2/c1-4-18-6-5-11(9-18)7-15-8-12-10-16(2)14(20)17(3)13(12)19/h10-11,15H,4-9H2,1-3H3. The van der Waals surface area contributed by atoms with Crippen molar-refractivity contribution < 1.29 is 0 Å². The van der Waals surface area contributed by atoms with Crippen LogP contribution in [0.25, 0.3) is 0 Å². The van der Waals surface area contributed by atoms with Crippen LogP contribution in [-0.2, 0) is 20.6 Å². The van der Waals surface area contributed by atoms with Crippen LogP contribution in [-0.4, -0.2) is 40.2 Å². The molecule has 112 valence electrons. The summed E-state index contributed by atoms with van der Waals surface area (Å²) < 4.78 is 2.61. The zero-order chi connectivity index (χ0) is 14.7. The molecule has 1 atom stereocenters. The molecule has 1 saturated heterocycles. The van der Waals surface area contributed by atoms with Gasteiger partial charge >= 0.3 is 5.69 Å². The molecule has 1 fully saturated rings. The van der Waals surface area contributed by atoms with E-state index in [1.54, 1.807) is 13.2 Å². The van der Waals surface area contributed by atoms with Gasteiger partial charge in [-0.15, -0.1) is 0 Å². The van der Waals surface area contributed by atoms with Gasteiger partial charge in [-0.25, -0.2) is 4.79 Å². The molecule has 1 aliphatic rings. The zero-order valence-corrected chi connectivity index (χ0v) is 12.6. The topological polar surface area (TPSA) is 59.3 Å². The van der Waals surface area contributed by atoms with Crippen molar-refractivity contribution in [2.45, 2.75) is 19.9 Å². The predicted octanol–water partition coefficient (Wildman–Crippen LogP) is -0.485. The molecule has 0 spiro atoms. The van der Waals surface area contributed by atoms with E-state index in [4.69, 9.17) is 0 Å². The lowest BCUT2D eigenvalue weighted by Crippen LogP contribution is -2.39. The summed E-state index contributed by atoms with van der Waals surface area (Å²) in [6, 6.07) is 0. The van der Waals surface area contributed by atoms with E-state index in [0.29, 0.717) is 18.0 Å². The van der Waals surface area contributed by atoms with Gasteiger partial charge in [0.2, 0.25) is 0 Å². The molecule has 0 aliphatic carbocycles. The molecule has 1 unspecified atom stereocenters. The highest BCUT2D eigenvalue weighted by atomic mass is 16.2. The number of rotatable bonds is 5. The number of likely N-dealkylation sites (tertiary alicyclic amines) is 1. The van der Waals surface area contributed by atoms with E-state index in [9.17, 15) is 9.59 Å². The Kier molecular flexibility index (Phi) is 4.77. The number of aryl methyl sites for hydroxylation is 1. The second-order valence-electron chi connectivity index (χ2n) is 5.59. The van der Waals surface area contributed by atoms with Crippen LogP contribution >= 0.6 is 0 Å². The monoisotopic (exact) mass is 280 g/mol. The summed E-state index contributed by atoms with van der Waals surface area (Å²) in [5.74, 6) is 0.659. The number of nitrogens with one attached hydrogen (secondary N) is 1. The van der Waals surface area contributed by atoms with Crippen LogP contribution < -0.4 is 16.6 Å². The van der Waals surface area contributed by atoms with Crippen LogP contribution in [0.5, 0.6) is 0 Å². The Morgan fingerprint density at radius 2 is 2.10 bits per heavy atom. The van der Waals surface area contributed by atoms with Gasteiger partial charge in [0.25, 0.3) is 5.56 Å². The van der Waals surface area contributed by atoms with Crippen LogP contribution in [0, 0.1) is 5.92 Å². The lowest BCUT2D eigenvalue weighted by Gasteiger charge is -2.14. The van der Waals surface area contributed by atoms with Gasteiger partial charge in [-0.2, -0.15) is 0 Å². The van der Waals surface area contributed by atoms with Crippen molar-refractivity contribution in [2.75, 3.05) is 26.2 Å². The Bertz CT molecular complexity index is 576. The van der Waals surface area contributed by atoms with Crippen LogP contribution in [0.1, 0.15) is 18.9 Å². The molecule has 1 N–H and O–H groups in total. The third-order valence-electron chi connectivity index (χ3n) is 4.08. The smallest absolute Gasteiger partial charge is 0.312 e. The summed E-state index contributed by atoms with van der Waals surface area (Å²) in [5, 5.41) is 3.35. The maximum Gasteiger partial charge on any atom is 0.330 e. The first kappa shape index (κ1) is 15.0. The fourth-order valence-corrected chi connectivity index (χ4v) is 2.78. The van der Waals surface area contributed by atoms with Crippen molar-refractivity contribution in [1.82, 2.24) is 19.4 Å². The molecule has 1 aromatic heterocycles.